The van der Waals surface area contributed by atoms with Crippen molar-refractivity contribution in [1.29, 1.82) is 0 Å². The van der Waals surface area contributed by atoms with Gasteiger partial charge >= 0.3 is 18.1 Å². The first-order valence-electron chi connectivity index (χ1n) is 9.68. The van der Waals surface area contributed by atoms with Crippen LogP contribution < -0.4 is 10.6 Å². The number of alkyl halides is 3. The highest BCUT2D eigenvalue weighted by atomic mass is 19.4. The summed E-state index contributed by atoms with van der Waals surface area (Å²) in [6.07, 6.45) is -3.79. The van der Waals surface area contributed by atoms with E-state index in [2.05, 4.69) is 15.6 Å². The maximum Gasteiger partial charge on any atom is 0.468 e. The van der Waals surface area contributed by atoms with Gasteiger partial charge in [-0.15, -0.1) is 0 Å². The maximum absolute atomic E-state index is 13.1. The lowest BCUT2D eigenvalue weighted by Crippen LogP contribution is -2.43. The molecule has 1 atom stereocenters. The summed E-state index contributed by atoms with van der Waals surface area (Å²) >= 11 is 0. The molecule has 1 unspecified atom stereocenters. The lowest BCUT2D eigenvalue weighted by molar-refractivity contribution is -0.156. The van der Waals surface area contributed by atoms with Gasteiger partial charge in [-0.25, -0.2) is 9.78 Å². The fraction of sp³-hybridized carbons (Fsp3) is 0.238. The van der Waals surface area contributed by atoms with Crippen LogP contribution in [0.3, 0.4) is 0 Å². The van der Waals surface area contributed by atoms with Crippen LogP contribution in [0.5, 0.6) is 0 Å². The molecule has 8 nitrogen and oxygen atoms in total. The molecule has 1 aliphatic carbocycles. The summed E-state index contributed by atoms with van der Waals surface area (Å²) < 4.78 is 43.4. The van der Waals surface area contributed by atoms with Gasteiger partial charge in [0, 0.05) is 0 Å². The van der Waals surface area contributed by atoms with E-state index in [-0.39, 0.29) is 16.8 Å². The molecule has 11 heteroatoms. The number of anilines is 1. The van der Waals surface area contributed by atoms with E-state index in [0.29, 0.717) is 18.4 Å². The van der Waals surface area contributed by atoms with Crippen LogP contribution in [0.1, 0.15) is 23.4 Å². The van der Waals surface area contributed by atoms with Crippen molar-refractivity contribution >= 4 is 34.6 Å². The molecule has 0 bridgehead atoms. The molecule has 3 aromatic rings. The average molecular weight is 444 g/mol. The summed E-state index contributed by atoms with van der Waals surface area (Å²) in [6, 6.07) is 10.6. The molecule has 1 aliphatic heterocycles. The molecule has 2 heterocycles. The smallest absolute Gasteiger partial charge is 0.433 e. The largest absolute Gasteiger partial charge is 0.468 e. The summed E-state index contributed by atoms with van der Waals surface area (Å²) in [5.74, 6) is -2.74. The molecule has 164 valence electrons. The Hall–Kier alpha value is -3.89. The zero-order valence-electron chi connectivity index (χ0n) is 16.3. The number of fused-ring (bicyclic) bond motifs is 3. The Kier molecular flexibility index (Phi) is 4.26. The number of urea groups is 1. The summed E-state index contributed by atoms with van der Waals surface area (Å²) in [7, 11) is 0. The zero-order chi connectivity index (χ0) is 22.7. The van der Waals surface area contributed by atoms with Gasteiger partial charge in [-0.05, 0) is 36.1 Å². The predicted octanol–water partition coefficient (Wildman–Crippen LogP) is 3.18. The number of imide groups is 1. The van der Waals surface area contributed by atoms with Gasteiger partial charge in [0.25, 0.3) is 5.91 Å². The van der Waals surface area contributed by atoms with Crippen molar-refractivity contribution in [1.82, 2.24) is 15.2 Å². The molecule has 4 amide bonds. The highest BCUT2D eigenvalue weighted by Gasteiger charge is 2.55. The lowest BCUT2D eigenvalue weighted by atomic mass is 9.92. The van der Waals surface area contributed by atoms with Crippen LogP contribution >= 0.6 is 0 Å². The molecule has 0 saturated carbocycles. The van der Waals surface area contributed by atoms with Crippen LogP contribution in [0.4, 0.5) is 23.7 Å². The number of carbonyl (C=O) groups is 3. The highest BCUT2D eigenvalue weighted by Crippen LogP contribution is 2.41. The van der Waals surface area contributed by atoms with E-state index in [1.165, 1.54) is 18.2 Å². The van der Waals surface area contributed by atoms with Crippen LogP contribution in [-0.4, -0.2) is 34.3 Å². The first kappa shape index (κ1) is 20.0. The summed E-state index contributed by atoms with van der Waals surface area (Å²) in [5, 5.41) is 5.12. The second-order valence-electron chi connectivity index (χ2n) is 7.60. The predicted molar refractivity (Wildman–Crippen MR) is 104 cm³/mol. The van der Waals surface area contributed by atoms with Crippen molar-refractivity contribution in [2.75, 3.05) is 11.9 Å². The van der Waals surface area contributed by atoms with E-state index in [1.54, 1.807) is 12.1 Å². The Balaban J connectivity index is 1.37. The Morgan fingerprint density at radius 1 is 1.19 bits per heavy atom. The molecule has 1 saturated heterocycles. The number of rotatable bonds is 3. The first-order valence-corrected chi connectivity index (χ1v) is 9.68. The SMILES string of the molecule is O=C(CN1C(=O)NC2(CCc3ccccc32)C1=O)Nc1cccc2oc(C(F)(F)F)nc12. The van der Waals surface area contributed by atoms with Gasteiger partial charge in [0.15, 0.2) is 5.58 Å². The van der Waals surface area contributed by atoms with Gasteiger partial charge < -0.3 is 15.1 Å². The number of halogens is 3. The van der Waals surface area contributed by atoms with E-state index < -0.39 is 42.0 Å². The van der Waals surface area contributed by atoms with Crippen molar-refractivity contribution in [2.45, 2.75) is 24.6 Å². The third-order valence-electron chi connectivity index (χ3n) is 5.66. The summed E-state index contributed by atoms with van der Waals surface area (Å²) in [6.45, 7) is -0.602. The highest BCUT2D eigenvalue weighted by molar-refractivity contribution is 6.11. The monoisotopic (exact) mass is 444 g/mol. The number of nitrogens with zero attached hydrogens (tertiary/aromatic N) is 2. The summed E-state index contributed by atoms with van der Waals surface area (Å²) in [4.78, 5) is 42.5. The van der Waals surface area contributed by atoms with Gasteiger partial charge in [-0.1, -0.05) is 30.3 Å². The van der Waals surface area contributed by atoms with Crippen molar-refractivity contribution in [3.05, 3.63) is 59.5 Å². The molecule has 0 radical (unpaired) electrons. The minimum absolute atomic E-state index is 0.0280. The van der Waals surface area contributed by atoms with Crippen molar-refractivity contribution < 1.29 is 32.0 Å². The van der Waals surface area contributed by atoms with Gasteiger partial charge in [0.05, 0.1) is 5.69 Å². The molecule has 2 aromatic carbocycles. The number of oxazole rings is 1. The minimum Gasteiger partial charge on any atom is -0.433 e. The number of nitrogens with one attached hydrogen (secondary N) is 2. The van der Waals surface area contributed by atoms with Gasteiger partial charge in [-0.2, -0.15) is 13.2 Å². The van der Waals surface area contributed by atoms with E-state index in [4.69, 9.17) is 4.42 Å². The van der Waals surface area contributed by atoms with Crippen molar-refractivity contribution in [3.8, 4) is 0 Å². The molecule has 1 fully saturated rings. The second kappa shape index (κ2) is 6.81. The number of hydrogen-bond acceptors (Lipinski definition) is 5. The standard InChI is InChI=1S/C21H15F3N4O4/c22-21(23,24)17-26-16-13(6-3-7-14(16)32-17)25-15(29)10-28-18(30)20(27-19(28)31)9-8-11-4-1-2-5-12(11)20/h1-7H,8-10H2,(H,25,29)(H,27,31). The van der Waals surface area contributed by atoms with Crippen LogP contribution in [0.25, 0.3) is 11.1 Å². The van der Waals surface area contributed by atoms with Crippen LogP contribution in [-0.2, 0) is 27.7 Å². The Bertz CT molecular complexity index is 1290. The van der Waals surface area contributed by atoms with Gasteiger partial charge in [0.2, 0.25) is 5.91 Å². The van der Waals surface area contributed by atoms with E-state index in [9.17, 15) is 27.6 Å². The average Bonchev–Trinajstić information content (AvgIpc) is 3.40. The van der Waals surface area contributed by atoms with Gasteiger partial charge in [-0.3, -0.25) is 14.5 Å². The molecule has 1 spiro atoms. The third-order valence-corrected chi connectivity index (χ3v) is 5.66. The summed E-state index contributed by atoms with van der Waals surface area (Å²) in [5.41, 5.74) is 0.0682. The fourth-order valence-corrected chi connectivity index (χ4v) is 4.24. The maximum atomic E-state index is 13.1. The molecule has 2 N–H and O–H groups in total. The molecule has 2 aliphatic rings. The Morgan fingerprint density at radius 2 is 1.97 bits per heavy atom. The third kappa shape index (κ3) is 3.00. The van der Waals surface area contributed by atoms with Crippen LogP contribution in [0, 0.1) is 0 Å². The molecular weight excluding hydrogens is 429 g/mol. The van der Waals surface area contributed by atoms with Crippen LogP contribution in [0.15, 0.2) is 46.9 Å². The Morgan fingerprint density at radius 3 is 2.75 bits per heavy atom. The Labute approximate surface area is 178 Å². The van der Waals surface area contributed by atoms with Crippen LogP contribution in [0.2, 0.25) is 0 Å². The number of carbonyl (C=O) groups excluding carboxylic acids is 3. The normalized spacial score (nSPS) is 20.2. The zero-order valence-corrected chi connectivity index (χ0v) is 16.3. The lowest BCUT2D eigenvalue weighted by Gasteiger charge is -2.22. The van der Waals surface area contributed by atoms with E-state index in [1.807, 2.05) is 12.1 Å². The molecule has 1 aromatic heterocycles. The number of para-hydroxylation sites is 1. The minimum atomic E-state index is -4.79. The molecular formula is C21H15F3N4O4. The number of amides is 4. The quantitative estimate of drug-likeness (QED) is 0.604. The van der Waals surface area contributed by atoms with E-state index >= 15 is 0 Å². The second-order valence-corrected chi connectivity index (χ2v) is 7.60. The van der Waals surface area contributed by atoms with Gasteiger partial charge in [0.1, 0.15) is 17.6 Å². The van der Waals surface area contributed by atoms with Crippen molar-refractivity contribution in [2.24, 2.45) is 0 Å². The fourth-order valence-electron chi connectivity index (χ4n) is 4.24. The topological polar surface area (TPSA) is 105 Å². The molecule has 5 rings (SSSR count). The van der Waals surface area contributed by atoms with Crippen molar-refractivity contribution in [3.63, 3.8) is 0 Å². The number of hydrogen-bond donors (Lipinski definition) is 2. The first-order chi connectivity index (χ1) is 15.2. The number of benzene rings is 2. The number of aryl methyl sites for hydroxylation is 1. The van der Waals surface area contributed by atoms with E-state index in [0.717, 1.165) is 10.5 Å². The number of aromatic nitrogens is 1. The molecule has 32 heavy (non-hydrogen) atoms.